The van der Waals surface area contributed by atoms with E-state index in [9.17, 15) is 9.18 Å². The molecule has 0 saturated carbocycles. The van der Waals surface area contributed by atoms with E-state index in [0.717, 1.165) is 24.5 Å². The summed E-state index contributed by atoms with van der Waals surface area (Å²) in [4.78, 5) is 22.2. The van der Waals surface area contributed by atoms with Crippen LogP contribution >= 0.6 is 23.7 Å². The first-order chi connectivity index (χ1) is 16.1. The molecule has 34 heavy (non-hydrogen) atoms. The summed E-state index contributed by atoms with van der Waals surface area (Å²) in [6.07, 6.45) is 1.60. The molecule has 0 spiro atoms. The van der Waals surface area contributed by atoms with Crippen molar-refractivity contribution in [3.05, 3.63) is 71.8 Å². The number of benzene rings is 2. The second-order valence-electron chi connectivity index (χ2n) is 7.88. The second kappa shape index (κ2) is 10.6. The molecule has 2 aromatic heterocycles. The van der Waals surface area contributed by atoms with Crippen LogP contribution in [-0.4, -0.2) is 65.0 Å². The van der Waals surface area contributed by atoms with Crippen LogP contribution in [0.5, 0.6) is 0 Å². The number of fused-ring (bicyclic) bond motifs is 1. The lowest BCUT2D eigenvalue weighted by Crippen LogP contribution is -2.43. The SMILES string of the molecule is Cc1c(C(=O)N(CCN2CCOCC2)c2nc3c(F)cccc3s2)cnn1-c1ccccc1.Cl. The molecule has 0 N–H and O–H groups in total. The summed E-state index contributed by atoms with van der Waals surface area (Å²) in [5.41, 5.74) is 2.42. The first kappa shape index (κ1) is 24.3. The second-order valence-corrected chi connectivity index (χ2v) is 8.89. The quantitative estimate of drug-likeness (QED) is 0.393. The van der Waals surface area contributed by atoms with Crippen molar-refractivity contribution in [2.75, 3.05) is 44.3 Å². The van der Waals surface area contributed by atoms with Crippen molar-refractivity contribution < 1.29 is 13.9 Å². The van der Waals surface area contributed by atoms with Crippen LogP contribution in [0.25, 0.3) is 15.9 Å². The summed E-state index contributed by atoms with van der Waals surface area (Å²) in [5.74, 6) is -0.578. The third kappa shape index (κ3) is 4.83. The van der Waals surface area contributed by atoms with Gasteiger partial charge >= 0.3 is 0 Å². The molecule has 10 heteroatoms. The lowest BCUT2D eigenvalue weighted by molar-refractivity contribution is 0.0391. The number of nitrogens with zero attached hydrogens (tertiary/aromatic N) is 5. The Kier molecular flexibility index (Phi) is 7.57. The van der Waals surface area contributed by atoms with Crippen LogP contribution in [0.2, 0.25) is 0 Å². The average Bonchev–Trinajstić information content (AvgIpc) is 3.45. The fourth-order valence-corrected chi connectivity index (χ4v) is 4.97. The summed E-state index contributed by atoms with van der Waals surface area (Å²) in [6, 6.07) is 14.6. The van der Waals surface area contributed by atoms with Crippen molar-refractivity contribution in [3.8, 4) is 5.69 Å². The fourth-order valence-electron chi connectivity index (χ4n) is 3.96. The topological polar surface area (TPSA) is 63.5 Å². The summed E-state index contributed by atoms with van der Waals surface area (Å²) in [5, 5.41) is 4.94. The molecular weight excluding hydrogens is 477 g/mol. The van der Waals surface area contributed by atoms with E-state index in [1.165, 1.54) is 17.4 Å². The summed E-state index contributed by atoms with van der Waals surface area (Å²) in [6.45, 7) is 6.01. The summed E-state index contributed by atoms with van der Waals surface area (Å²) >= 11 is 1.32. The Bertz CT molecular complexity index is 1270. The molecular formula is C24H25ClFN5O2S. The van der Waals surface area contributed by atoms with Gasteiger partial charge in [0.1, 0.15) is 11.3 Å². The number of halogens is 2. The van der Waals surface area contributed by atoms with Gasteiger partial charge in [-0.15, -0.1) is 12.4 Å². The fraction of sp³-hybridized carbons (Fsp3) is 0.292. The first-order valence-corrected chi connectivity index (χ1v) is 11.7. The van der Waals surface area contributed by atoms with E-state index in [2.05, 4.69) is 15.0 Å². The van der Waals surface area contributed by atoms with E-state index in [-0.39, 0.29) is 24.1 Å². The molecule has 1 amide bonds. The molecule has 1 fully saturated rings. The minimum Gasteiger partial charge on any atom is -0.379 e. The van der Waals surface area contributed by atoms with Crippen LogP contribution in [0, 0.1) is 12.7 Å². The van der Waals surface area contributed by atoms with Crippen LogP contribution in [0.1, 0.15) is 16.1 Å². The molecule has 0 bridgehead atoms. The number of carbonyl (C=O) groups is 1. The van der Waals surface area contributed by atoms with Crippen LogP contribution in [0.3, 0.4) is 0 Å². The number of amides is 1. The molecule has 7 nitrogen and oxygen atoms in total. The largest absolute Gasteiger partial charge is 0.379 e. The molecule has 0 atom stereocenters. The minimum absolute atomic E-state index is 0. The van der Waals surface area contributed by atoms with Gasteiger partial charge in [-0.1, -0.05) is 35.6 Å². The number of carbonyl (C=O) groups excluding carboxylic acids is 1. The molecule has 5 rings (SSSR count). The molecule has 2 aromatic carbocycles. The van der Waals surface area contributed by atoms with Gasteiger partial charge < -0.3 is 4.74 Å². The zero-order chi connectivity index (χ0) is 22.8. The van der Waals surface area contributed by atoms with Crippen molar-refractivity contribution in [1.82, 2.24) is 19.7 Å². The van der Waals surface area contributed by atoms with E-state index >= 15 is 0 Å². The number of thiazole rings is 1. The van der Waals surface area contributed by atoms with E-state index in [1.807, 2.05) is 43.3 Å². The summed E-state index contributed by atoms with van der Waals surface area (Å²) < 4.78 is 22.2. The van der Waals surface area contributed by atoms with E-state index in [4.69, 9.17) is 4.74 Å². The number of anilines is 1. The highest BCUT2D eigenvalue weighted by atomic mass is 35.5. The normalized spacial score (nSPS) is 14.2. The van der Waals surface area contributed by atoms with Crippen molar-refractivity contribution in [3.63, 3.8) is 0 Å². The zero-order valence-corrected chi connectivity index (χ0v) is 20.3. The number of hydrogen-bond donors (Lipinski definition) is 0. The molecule has 1 saturated heterocycles. The first-order valence-electron chi connectivity index (χ1n) is 10.9. The van der Waals surface area contributed by atoms with Gasteiger partial charge in [0.25, 0.3) is 5.91 Å². The zero-order valence-electron chi connectivity index (χ0n) is 18.7. The third-order valence-corrected chi connectivity index (χ3v) is 6.86. The molecule has 0 aliphatic carbocycles. The van der Waals surface area contributed by atoms with E-state index in [1.54, 1.807) is 21.8 Å². The number of rotatable bonds is 6. The predicted molar refractivity (Wildman–Crippen MR) is 134 cm³/mol. The van der Waals surface area contributed by atoms with Gasteiger partial charge in [0, 0.05) is 26.2 Å². The molecule has 178 valence electrons. The summed E-state index contributed by atoms with van der Waals surface area (Å²) in [7, 11) is 0. The number of morpholine rings is 1. The number of ether oxygens (including phenoxy) is 1. The lowest BCUT2D eigenvalue weighted by Gasteiger charge is -2.29. The van der Waals surface area contributed by atoms with Gasteiger partial charge in [-0.05, 0) is 31.2 Å². The Labute approximate surface area is 207 Å². The number of aromatic nitrogens is 3. The number of hydrogen-bond acceptors (Lipinski definition) is 6. The predicted octanol–water partition coefficient (Wildman–Crippen LogP) is 4.33. The average molecular weight is 502 g/mol. The van der Waals surface area contributed by atoms with E-state index < -0.39 is 0 Å². The van der Waals surface area contributed by atoms with Gasteiger partial charge in [0.15, 0.2) is 5.13 Å². The van der Waals surface area contributed by atoms with Crippen molar-refractivity contribution in [1.29, 1.82) is 0 Å². The highest BCUT2D eigenvalue weighted by Gasteiger charge is 2.26. The monoisotopic (exact) mass is 501 g/mol. The van der Waals surface area contributed by atoms with Crippen molar-refractivity contribution >= 4 is 45.0 Å². The maximum absolute atomic E-state index is 14.3. The Morgan fingerprint density at radius 2 is 1.91 bits per heavy atom. The lowest BCUT2D eigenvalue weighted by atomic mass is 10.2. The van der Waals surface area contributed by atoms with E-state index in [0.29, 0.717) is 47.2 Å². The Hall–Kier alpha value is -2.85. The van der Waals surface area contributed by atoms with Gasteiger partial charge in [-0.2, -0.15) is 5.10 Å². The molecule has 3 heterocycles. The number of para-hydroxylation sites is 2. The molecule has 0 radical (unpaired) electrons. The van der Waals surface area contributed by atoms with Crippen molar-refractivity contribution in [2.45, 2.75) is 6.92 Å². The van der Waals surface area contributed by atoms with Crippen LogP contribution in [0.15, 0.2) is 54.7 Å². The minimum atomic E-state index is -0.386. The van der Waals surface area contributed by atoms with Gasteiger partial charge in [0.05, 0.1) is 41.1 Å². The molecule has 4 aromatic rings. The Morgan fingerprint density at radius 1 is 1.15 bits per heavy atom. The Balaban J connectivity index is 0.00000274. The standard InChI is InChI=1S/C24H24FN5O2S.ClH/c1-17-19(16-26-30(17)18-6-3-2-4-7-18)23(31)29(11-10-28-12-14-32-15-13-28)24-27-22-20(25)8-5-9-21(22)33-24;/h2-9,16H,10-15H2,1H3;1H. The maximum Gasteiger partial charge on any atom is 0.263 e. The highest BCUT2D eigenvalue weighted by Crippen LogP contribution is 2.31. The van der Waals surface area contributed by atoms with Gasteiger partial charge in [-0.25, -0.2) is 14.1 Å². The third-order valence-electron chi connectivity index (χ3n) is 5.82. The van der Waals surface area contributed by atoms with Crippen molar-refractivity contribution in [2.24, 2.45) is 0 Å². The molecule has 0 unspecified atom stereocenters. The van der Waals surface area contributed by atoms with Crippen LogP contribution in [-0.2, 0) is 4.74 Å². The van der Waals surface area contributed by atoms with Crippen LogP contribution < -0.4 is 4.90 Å². The molecule has 1 aliphatic rings. The smallest absolute Gasteiger partial charge is 0.263 e. The highest BCUT2D eigenvalue weighted by molar-refractivity contribution is 7.22. The maximum atomic E-state index is 14.3. The van der Waals surface area contributed by atoms with Crippen LogP contribution in [0.4, 0.5) is 9.52 Å². The van der Waals surface area contributed by atoms with Gasteiger partial charge in [0.2, 0.25) is 0 Å². The molecule has 1 aliphatic heterocycles. The Morgan fingerprint density at radius 3 is 2.65 bits per heavy atom. The van der Waals surface area contributed by atoms with Gasteiger partial charge in [-0.3, -0.25) is 14.6 Å².